The number of nitrogens with zero attached hydrogens (tertiary/aromatic N) is 1. The first-order chi connectivity index (χ1) is 9.11. The van der Waals surface area contributed by atoms with Crippen LogP contribution in [0.2, 0.25) is 0 Å². The molecule has 1 aliphatic carbocycles. The van der Waals surface area contributed by atoms with E-state index in [0.29, 0.717) is 23.9 Å². The number of hydrogen-bond acceptors (Lipinski definition) is 4. The Kier molecular flexibility index (Phi) is 4.37. The fraction of sp³-hybridized carbons (Fsp3) is 0.571. The molecule has 0 spiro atoms. The van der Waals surface area contributed by atoms with Crippen LogP contribution in [0.1, 0.15) is 41.7 Å². The Morgan fingerprint density at radius 3 is 2.84 bits per heavy atom. The highest BCUT2D eigenvalue weighted by Crippen LogP contribution is 2.28. The minimum Gasteiger partial charge on any atom is -0.473 e. The van der Waals surface area contributed by atoms with E-state index >= 15 is 0 Å². The van der Waals surface area contributed by atoms with Gasteiger partial charge in [-0.3, -0.25) is 4.79 Å². The second kappa shape index (κ2) is 6.02. The van der Waals surface area contributed by atoms with Crippen LogP contribution in [0.5, 0.6) is 5.88 Å². The number of pyridine rings is 1. The molecule has 1 saturated carbocycles. The minimum absolute atomic E-state index is 0.0335. The summed E-state index contributed by atoms with van der Waals surface area (Å²) in [5.41, 5.74) is 12.3. The Hall–Kier alpha value is -1.62. The zero-order valence-electron chi connectivity index (χ0n) is 11.3. The van der Waals surface area contributed by atoms with Crippen LogP contribution >= 0.6 is 0 Å². The third-order valence-electron chi connectivity index (χ3n) is 3.67. The second-order valence-corrected chi connectivity index (χ2v) is 5.11. The molecule has 2 atom stereocenters. The van der Waals surface area contributed by atoms with Crippen LogP contribution in [0.25, 0.3) is 0 Å². The molecule has 0 aromatic carbocycles. The van der Waals surface area contributed by atoms with E-state index in [1.54, 1.807) is 12.1 Å². The summed E-state index contributed by atoms with van der Waals surface area (Å²) in [6.07, 6.45) is 4.37. The van der Waals surface area contributed by atoms with Crippen molar-refractivity contribution in [1.82, 2.24) is 4.98 Å². The maximum Gasteiger partial charge on any atom is 0.254 e. The van der Waals surface area contributed by atoms with E-state index in [-0.39, 0.29) is 6.10 Å². The first-order valence-electron chi connectivity index (χ1n) is 6.76. The normalized spacial score (nSPS) is 23.1. The molecular formula is C14H21N3O2. The summed E-state index contributed by atoms with van der Waals surface area (Å²) in [4.78, 5) is 15.7. The monoisotopic (exact) mass is 263 g/mol. The van der Waals surface area contributed by atoms with Crippen molar-refractivity contribution in [2.75, 3.05) is 6.54 Å². The van der Waals surface area contributed by atoms with Gasteiger partial charge < -0.3 is 16.2 Å². The number of nitrogens with two attached hydrogens (primary N) is 2. The largest absolute Gasteiger partial charge is 0.473 e. The van der Waals surface area contributed by atoms with Gasteiger partial charge in [-0.05, 0) is 44.9 Å². The van der Waals surface area contributed by atoms with Crippen LogP contribution in [0.4, 0.5) is 0 Å². The highest BCUT2D eigenvalue weighted by Gasteiger charge is 2.27. The molecule has 104 valence electrons. The number of carbonyl (C=O) groups excluding carboxylic acids is 1. The van der Waals surface area contributed by atoms with Gasteiger partial charge in [-0.1, -0.05) is 6.42 Å². The Bertz CT molecular complexity index is 462. The molecular weight excluding hydrogens is 242 g/mol. The molecule has 2 unspecified atom stereocenters. The summed E-state index contributed by atoms with van der Waals surface area (Å²) in [6, 6.07) is 3.43. The summed E-state index contributed by atoms with van der Waals surface area (Å²) in [7, 11) is 0. The van der Waals surface area contributed by atoms with Crippen molar-refractivity contribution in [3.05, 3.63) is 23.4 Å². The van der Waals surface area contributed by atoms with E-state index in [4.69, 9.17) is 16.2 Å². The molecule has 1 aromatic heterocycles. The third-order valence-corrected chi connectivity index (χ3v) is 3.67. The number of hydrogen-bond donors (Lipinski definition) is 2. The smallest absolute Gasteiger partial charge is 0.254 e. The fourth-order valence-electron chi connectivity index (χ4n) is 2.55. The molecule has 0 bridgehead atoms. The Morgan fingerprint density at radius 1 is 1.42 bits per heavy atom. The summed E-state index contributed by atoms with van der Waals surface area (Å²) in [6.45, 7) is 2.46. The molecule has 2 rings (SSSR count). The molecule has 5 nitrogen and oxygen atoms in total. The van der Waals surface area contributed by atoms with Gasteiger partial charge in [0.05, 0.1) is 0 Å². The standard InChI is InChI=1S/C14H21N3O2/c1-9-6-7-11(13(16)18)14(17-9)19-12-5-3-2-4-10(12)8-15/h6-7,10,12H,2-5,8,15H2,1H3,(H2,16,18). The Morgan fingerprint density at radius 2 is 2.16 bits per heavy atom. The zero-order chi connectivity index (χ0) is 13.8. The van der Waals surface area contributed by atoms with Gasteiger partial charge in [0.15, 0.2) is 0 Å². The van der Waals surface area contributed by atoms with Gasteiger partial charge in [-0.25, -0.2) is 4.98 Å². The molecule has 4 N–H and O–H groups in total. The average Bonchev–Trinajstić information content (AvgIpc) is 2.39. The van der Waals surface area contributed by atoms with Gasteiger partial charge in [-0.15, -0.1) is 0 Å². The van der Waals surface area contributed by atoms with Gasteiger partial charge in [0, 0.05) is 11.6 Å². The molecule has 1 aromatic rings. The van der Waals surface area contributed by atoms with Crippen LogP contribution in [0.3, 0.4) is 0 Å². The Labute approximate surface area is 113 Å². The number of aryl methyl sites for hydroxylation is 1. The molecule has 5 heteroatoms. The lowest BCUT2D eigenvalue weighted by Gasteiger charge is -2.31. The number of carbonyl (C=O) groups is 1. The van der Waals surface area contributed by atoms with Crippen LogP contribution in [-0.4, -0.2) is 23.5 Å². The number of amides is 1. The highest BCUT2D eigenvalue weighted by molar-refractivity contribution is 5.95. The van der Waals surface area contributed by atoms with Gasteiger partial charge in [0.2, 0.25) is 5.88 Å². The van der Waals surface area contributed by atoms with Crippen molar-refractivity contribution < 1.29 is 9.53 Å². The molecule has 0 aliphatic heterocycles. The van der Waals surface area contributed by atoms with E-state index in [2.05, 4.69) is 4.98 Å². The topological polar surface area (TPSA) is 91.2 Å². The van der Waals surface area contributed by atoms with Crippen molar-refractivity contribution in [3.63, 3.8) is 0 Å². The predicted octanol–water partition coefficient (Wildman–Crippen LogP) is 1.39. The van der Waals surface area contributed by atoms with Crippen molar-refractivity contribution >= 4 is 5.91 Å². The predicted molar refractivity (Wildman–Crippen MR) is 72.9 cm³/mol. The molecule has 1 amide bonds. The van der Waals surface area contributed by atoms with Crippen molar-refractivity contribution in [2.24, 2.45) is 17.4 Å². The first kappa shape index (κ1) is 13.8. The highest BCUT2D eigenvalue weighted by atomic mass is 16.5. The molecule has 1 heterocycles. The Balaban J connectivity index is 2.21. The van der Waals surface area contributed by atoms with E-state index in [1.165, 1.54) is 6.42 Å². The van der Waals surface area contributed by atoms with Gasteiger partial charge in [-0.2, -0.15) is 0 Å². The lowest BCUT2D eigenvalue weighted by atomic mass is 9.86. The summed E-state index contributed by atoms with van der Waals surface area (Å²) in [5.74, 6) is 0.164. The summed E-state index contributed by atoms with van der Waals surface area (Å²) < 4.78 is 5.94. The summed E-state index contributed by atoms with van der Waals surface area (Å²) >= 11 is 0. The van der Waals surface area contributed by atoms with Crippen LogP contribution in [0, 0.1) is 12.8 Å². The molecule has 1 aliphatic rings. The van der Waals surface area contributed by atoms with Crippen LogP contribution < -0.4 is 16.2 Å². The zero-order valence-corrected chi connectivity index (χ0v) is 11.3. The van der Waals surface area contributed by atoms with E-state index < -0.39 is 5.91 Å². The van der Waals surface area contributed by atoms with E-state index in [1.807, 2.05) is 6.92 Å². The van der Waals surface area contributed by atoms with Gasteiger partial charge in [0.25, 0.3) is 5.91 Å². The number of aromatic nitrogens is 1. The van der Waals surface area contributed by atoms with Crippen molar-refractivity contribution in [3.8, 4) is 5.88 Å². The maximum absolute atomic E-state index is 11.4. The fourth-order valence-corrected chi connectivity index (χ4v) is 2.55. The molecule has 19 heavy (non-hydrogen) atoms. The SMILES string of the molecule is Cc1ccc(C(N)=O)c(OC2CCCCC2CN)n1. The number of ether oxygens (including phenoxy) is 1. The van der Waals surface area contributed by atoms with Crippen LogP contribution in [0.15, 0.2) is 12.1 Å². The van der Waals surface area contributed by atoms with E-state index in [0.717, 1.165) is 25.0 Å². The number of primary amides is 1. The van der Waals surface area contributed by atoms with Gasteiger partial charge >= 0.3 is 0 Å². The van der Waals surface area contributed by atoms with Crippen LogP contribution in [-0.2, 0) is 0 Å². The number of rotatable bonds is 4. The second-order valence-electron chi connectivity index (χ2n) is 5.11. The molecule has 0 saturated heterocycles. The minimum atomic E-state index is -0.511. The maximum atomic E-state index is 11.4. The van der Waals surface area contributed by atoms with Crippen molar-refractivity contribution in [1.29, 1.82) is 0 Å². The molecule has 1 fully saturated rings. The average molecular weight is 263 g/mol. The molecule has 0 radical (unpaired) electrons. The summed E-state index contributed by atoms with van der Waals surface area (Å²) in [5, 5.41) is 0. The third kappa shape index (κ3) is 3.23. The van der Waals surface area contributed by atoms with Crippen molar-refractivity contribution in [2.45, 2.75) is 38.7 Å². The lowest BCUT2D eigenvalue weighted by molar-refractivity contribution is 0.0871. The lowest BCUT2D eigenvalue weighted by Crippen LogP contribution is -2.36. The van der Waals surface area contributed by atoms with E-state index in [9.17, 15) is 4.79 Å². The first-order valence-corrected chi connectivity index (χ1v) is 6.76. The quantitative estimate of drug-likeness (QED) is 0.858. The van der Waals surface area contributed by atoms with Gasteiger partial charge in [0.1, 0.15) is 11.7 Å².